The highest BCUT2D eigenvalue weighted by atomic mass is 127. The predicted octanol–water partition coefficient (Wildman–Crippen LogP) is 5.21. The van der Waals surface area contributed by atoms with Gasteiger partial charge < -0.3 is 50.4 Å². The number of amides is 4. The molecule has 0 aliphatic heterocycles. The molecule has 16 nitrogen and oxygen atoms in total. The Kier molecular flexibility index (Phi) is 35.1. The summed E-state index contributed by atoms with van der Waals surface area (Å²) in [6.07, 6.45) is 15.5. The van der Waals surface area contributed by atoms with Crippen LogP contribution in [-0.2, 0) is 58.7 Å². The van der Waals surface area contributed by atoms with Crippen molar-refractivity contribution in [2.75, 3.05) is 65.9 Å². The number of aliphatic carboxylic acids is 2. The molecule has 0 aliphatic rings. The largest absolute Gasteiger partial charge is 0.481 e. The third-order valence-corrected chi connectivity index (χ3v) is 10.2. The van der Waals surface area contributed by atoms with Crippen molar-refractivity contribution in [1.29, 1.82) is 0 Å². The van der Waals surface area contributed by atoms with Crippen molar-refractivity contribution in [3.05, 3.63) is 35.4 Å². The van der Waals surface area contributed by atoms with Gasteiger partial charge in [-0.2, -0.15) is 0 Å². The number of carboxylic acids is 2. The maximum Gasteiger partial charge on any atom is 0.326 e. The molecular formula is C43H71IN4O12. The second-order valence-electron chi connectivity index (χ2n) is 14.6. The molecule has 1 atom stereocenters. The van der Waals surface area contributed by atoms with Gasteiger partial charge in [0.15, 0.2) is 0 Å². The molecule has 6 N–H and O–H groups in total. The Hall–Kier alpha value is -3.39. The minimum Gasteiger partial charge on any atom is -0.481 e. The molecular weight excluding hydrogens is 891 g/mol. The molecule has 0 aromatic heterocycles. The molecule has 60 heavy (non-hydrogen) atoms. The van der Waals surface area contributed by atoms with E-state index in [-0.39, 0.29) is 109 Å². The molecule has 1 aromatic rings. The van der Waals surface area contributed by atoms with E-state index in [2.05, 4.69) is 43.9 Å². The summed E-state index contributed by atoms with van der Waals surface area (Å²) in [4.78, 5) is 70.5. The number of hydrogen-bond acceptors (Lipinski definition) is 10. The molecule has 17 heteroatoms. The fourth-order valence-corrected chi connectivity index (χ4v) is 6.42. The fraction of sp³-hybridized carbons (Fsp3) is 0.721. The summed E-state index contributed by atoms with van der Waals surface area (Å²) in [5.41, 5.74) is 2.25. The first-order chi connectivity index (χ1) is 29.1. The van der Waals surface area contributed by atoms with Crippen molar-refractivity contribution < 1.29 is 57.9 Å². The Morgan fingerprint density at radius 3 is 1.42 bits per heavy atom. The zero-order valence-electron chi connectivity index (χ0n) is 35.5. The second-order valence-corrected chi connectivity index (χ2v) is 15.4. The zero-order valence-corrected chi connectivity index (χ0v) is 37.6. The van der Waals surface area contributed by atoms with Gasteiger partial charge in [-0.3, -0.25) is 24.0 Å². The number of unbranched alkanes of at least 4 members (excludes halogenated alkanes) is 13. The van der Waals surface area contributed by atoms with Crippen LogP contribution in [-0.4, -0.2) is 118 Å². The van der Waals surface area contributed by atoms with Gasteiger partial charge >= 0.3 is 11.9 Å². The maximum absolute atomic E-state index is 12.3. The van der Waals surface area contributed by atoms with Crippen LogP contribution in [0.25, 0.3) is 0 Å². The molecule has 0 radical (unpaired) electrons. The van der Waals surface area contributed by atoms with Crippen LogP contribution >= 0.6 is 22.6 Å². The Morgan fingerprint density at radius 1 is 0.500 bits per heavy atom. The summed E-state index contributed by atoms with van der Waals surface area (Å²) >= 11 is 2.30. The average molecular weight is 963 g/mol. The number of rotatable bonds is 41. The highest BCUT2D eigenvalue weighted by Gasteiger charge is 2.20. The van der Waals surface area contributed by atoms with E-state index in [9.17, 15) is 33.9 Å². The van der Waals surface area contributed by atoms with E-state index < -0.39 is 18.0 Å². The smallest absolute Gasteiger partial charge is 0.326 e. The third-order valence-electron chi connectivity index (χ3n) is 9.35. The number of halogens is 1. The lowest BCUT2D eigenvalue weighted by molar-refractivity contribution is -0.142. The van der Waals surface area contributed by atoms with Gasteiger partial charge in [0.2, 0.25) is 23.6 Å². The molecule has 0 fully saturated rings. The van der Waals surface area contributed by atoms with Gasteiger partial charge in [0.25, 0.3) is 0 Å². The lowest BCUT2D eigenvalue weighted by Gasteiger charge is -2.14. The van der Waals surface area contributed by atoms with Gasteiger partial charge in [-0.05, 0) is 30.4 Å². The van der Waals surface area contributed by atoms with Crippen molar-refractivity contribution in [2.24, 2.45) is 0 Å². The molecule has 342 valence electrons. The molecule has 1 aromatic carbocycles. The van der Waals surface area contributed by atoms with Crippen LogP contribution in [0, 0.1) is 0 Å². The number of carbonyl (C=O) groups excluding carboxylic acids is 4. The Morgan fingerprint density at radius 2 is 0.933 bits per heavy atom. The van der Waals surface area contributed by atoms with Gasteiger partial charge in [-0.15, -0.1) is 0 Å². The monoisotopic (exact) mass is 962 g/mol. The molecule has 0 spiro atoms. The van der Waals surface area contributed by atoms with Gasteiger partial charge in [-0.25, -0.2) is 4.79 Å². The van der Waals surface area contributed by atoms with E-state index in [1.807, 2.05) is 24.3 Å². The quantitative estimate of drug-likeness (QED) is 0.0283. The summed E-state index contributed by atoms with van der Waals surface area (Å²) in [6.45, 7) is 2.14. The van der Waals surface area contributed by atoms with Crippen LogP contribution in [0.15, 0.2) is 24.3 Å². The van der Waals surface area contributed by atoms with Gasteiger partial charge in [0, 0.05) is 43.3 Å². The Labute approximate surface area is 369 Å². The van der Waals surface area contributed by atoms with Crippen LogP contribution in [0.4, 0.5) is 0 Å². The summed E-state index contributed by atoms with van der Waals surface area (Å²) in [6, 6.07) is 6.91. The number of hydrogen-bond donors (Lipinski definition) is 6. The van der Waals surface area contributed by atoms with Crippen LogP contribution in [0.1, 0.15) is 127 Å². The number of benzene rings is 1. The fourth-order valence-electron chi connectivity index (χ4n) is 5.91. The Balaban J connectivity index is 1.91. The summed E-state index contributed by atoms with van der Waals surface area (Å²) < 4.78 is 22.3. The number of nitrogens with one attached hydrogen (secondary N) is 4. The van der Waals surface area contributed by atoms with Crippen molar-refractivity contribution in [2.45, 2.75) is 133 Å². The third kappa shape index (κ3) is 34.3. The zero-order chi connectivity index (χ0) is 43.9. The van der Waals surface area contributed by atoms with E-state index >= 15 is 0 Å². The van der Waals surface area contributed by atoms with Crippen LogP contribution in [0.3, 0.4) is 0 Å². The summed E-state index contributed by atoms with van der Waals surface area (Å²) in [5.74, 6) is -3.08. The molecule has 0 saturated heterocycles. The first-order valence-corrected chi connectivity index (χ1v) is 23.1. The molecule has 0 heterocycles. The minimum absolute atomic E-state index is 0.0211. The van der Waals surface area contributed by atoms with Crippen LogP contribution in [0.5, 0.6) is 0 Å². The number of ether oxygens (including phenoxy) is 4. The van der Waals surface area contributed by atoms with Crippen molar-refractivity contribution in [1.82, 2.24) is 21.3 Å². The normalized spacial score (nSPS) is 11.5. The molecule has 0 bridgehead atoms. The standard InChI is InChI=1S/C43H71IN4O12/c44-31-35-17-19-36(20-18-35)32-47-41(52)34-60-30-28-58-26-24-46-40(51)33-59-29-27-57-25-23-45-38(49)22-21-37(43(55)56)48-39(50)15-13-11-9-7-5-3-1-2-4-6-8-10-12-14-16-42(53)54/h17-20,37H,1-16,21-34H2,(H,45,49)(H,46,51)(H,47,52)(H,48,50)(H,53,54)(H,55,56)/t37-/m0/s1. The van der Waals surface area contributed by atoms with E-state index in [4.69, 9.17) is 24.1 Å². The molecule has 0 unspecified atom stereocenters. The topological polar surface area (TPSA) is 228 Å². The average Bonchev–Trinajstić information content (AvgIpc) is 3.23. The predicted molar refractivity (Wildman–Crippen MR) is 236 cm³/mol. The Bertz CT molecular complexity index is 1320. The van der Waals surface area contributed by atoms with E-state index in [1.165, 1.54) is 50.5 Å². The van der Waals surface area contributed by atoms with E-state index in [0.29, 0.717) is 19.5 Å². The van der Waals surface area contributed by atoms with Crippen LogP contribution < -0.4 is 21.3 Å². The van der Waals surface area contributed by atoms with Gasteiger partial charge in [0.1, 0.15) is 19.3 Å². The maximum atomic E-state index is 12.3. The lowest BCUT2D eigenvalue weighted by atomic mass is 10.0. The molecule has 4 amide bonds. The number of alkyl halides is 1. The van der Waals surface area contributed by atoms with Gasteiger partial charge in [0.05, 0.1) is 39.6 Å². The molecule has 1 rings (SSSR count). The molecule has 0 aliphatic carbocycles. The highest BCUT2D eigenvalue weighted by molar-refractivity contribution is 14.1. The number of carbonyl (C=O) groups is 6. The summed E-state index contributed by atoms with van der Waals surface area (Å²) in [7, 11) is 0. The van der Waals surface area contributed by atoms with Crippen molar-refractivity contribution >= 4 is 58.2 Å². The van der Waals surface area contributed by atoms with Crippen LogP contribution in [0.2, 0.25) is 0 Å². The van der Waals surface area contributed by atoms with E-state index in [0.717, 1.165) is 48.5 Å². The lowest BCUT2D eigenvalue weighted by Crippen LogP contribution is -2.41. The van der Waals surface area contributed by atoms with Crippen molar-refractivity contribution in [3.8, 4) is 0 Å². The first-order valence-electron chi connectivity index (χ1n) is 21.6. The minimum atomic E-state index is -1.18. The summed E-state index contributed by atoms with van der Waals surface area (Å²) in [5, 5.41) is 28.8. The van der Waals surface area contributed by atoms with Gasteiger partial charge in [-0.1, -0.05) is 124 Å². The number of carboxylic acid groups (broad SMARTS) is 2. The van der Waals surface area contributed by atoms with Crippen molar-refractivity contribution in [3.63, 3.8) is 0 Å². The second kappa shape index (κ2) is 38.5. The molecule has 0 saturated carbocycles. The highest BCUT2D eigenvalue weighted by Crippen LogP contribution is 2.14. The van der Waals surface area contributed by atoms with E-state index in [1.54, 1.807) is 0 Å². The SMILES string of the molecule is O=C(O)CCCCCCCCCCCCCCCCC(=O)N[C@@H](CCC(=O)NCCOCCOCC(=O)NCCOCCOCC(=O)NCc1ccc(CI)cc1)C(=O)O. The first kappa shape index (κ1) is 54.6.